The third-order valence-corrected chi connectivity index (χ3v) is 1.58. The molecule has 0 saturated carbocycles. The van der Waals surface area contributed by atoms with Crippen LogP contribution in [0, 0.1) is 6.61 Å². The van der Waals surface area contributed by atoms with Gasteiger partial charge in [-0.05, 0) is 18.6 Å². The first-order chi connectivity index (χ1) is 6.88. The maximum absolute atomic E-state index is 5.42. The van der Waals surface area contributed by atoms with Crippen LogP contribution in [0.1, 0.15) is 13.3 Å². The van der Waals surface area contributed by atoms with Gasteiger partial charge in [-0.15, -0.1) is 0 Å². The number of ether oxygens (including phenoxy) is 2. The molecule has 0 saturated heterocycles. The summed E-state index contributed by atoms with van der Waals surface area (Å²) in [5.41, 5.74) is 0. The first kappa shape index (κ1) is 10.6. The molecule has 0 aliphatic carbocycles. The molecule has 1 radical (unpaired) electrons. The topological polar surface area (TPSA) is 18.5 Å². The highest BCUT2D eigenvalue weighted by Crippen LogP contribution is 2.26. The Hall–Kier alpha value is -1.44. The third-order valence-electron chi connectivity index (χ3n) is 1.58. The molecule has 1 rings (SSSR count). The van der Waals surface area contributed by atoms with Crippen LogP contribution in [0.5, 0.6) is 11.5 Å². The van der Waals surface area contributed by atoms with E-state index in [0.717, 1.165) is 17.9 Å². The maximum atomic E-state index is 5.42. The molecular weight excluding hydrogens is 176 g/mol. The molecule has 1 aromatic carbocycles. The summed E-state index contributed by atoms with van der Waals surface area (Å²) in [6.07, 6.45) is 2.58. The van der Waals surface area contributed by atoms with Gasteiger partial charge >= 0.3 is 0 Å². The Labute approximate surface area is 85.2 Å². The van der Waals surface area contributed by atoms with Crippen molar-refractivity contribution < 1.29 is 9.47 Å². The fraction of sp³-hybridized carbons (Fsp3) is 0.250. The van der Waals surface area contributed by atoms with Crippen molar-refractivity contribution in [2.75, 3.05) is 6.61 Å². The summed E-state index contributed by atoms with van der Waals surface area (Å²) < 4.78 is 10.8. The van der Waals surface area contributed by atoms with E-state index in [4.69, 9.17) is 9.47 Å². The lowest BCUT2D eigenvalue weighted by Crippen LogP contribution is -1.96. The molecule has 0 amide bonds. The normalized spacial score (nSPS) is 9.50. The van der Waals surface area contributed by atoms with Crippen LogP contribution in [0.2, 0.25) is 0 Å². The Kier molecular flexibility index (Phi) is 4.62. The zero-order valence-electron chi connectivity index (χ0n) is 8.40. The fourth-order valence-electron chi connectivity index (χ4n) is 0.989. The Balaban J connectivity index is 2.64. The van der Waals surface area contributed by atoms with Crippen LogP contribution in [-0.4, -0.2) is 6.61 Å². The summed E-state index contributed by atoms with van der Waals surface area (Å²) in [5.74, 6) is 1.49. The average molecular weight is 191 g/mol. The number of rotatable bonds is 6. The van der Waals surface area contributed by atoms with Crippen molar-refractivity contribution in [3.63, 3.8) is 0 Å². The standard InChI is InChI=1S/C12H15O2/c1-3-9-13-11-7-5-6-8-12(11)14-10-4-2/h3,5-8,10H,1,4,9H2,2H3. The predicted octanol–water partition coefficient (Wildman–Crippen LogP) is 3.20. The molecule has 0 aliphatic heterocycles. The molecule has 2 heteroatoms. The molecule has 75 valence electrons. The number of hydrogen-bond acceptors (Lipinski definition) is 2. The van der Waals surface area contributed by atoms with Gasteiger partial charge in [-0.2, -0.15) is 0 Å². The van der Waals surface area contributed by atoms with E-state index >= 15 is 0 Å². The summed E-state index contributed by atoms with van der Waals surface area (Å²) in [7, 11) is 0. The summed E-state index contributed by atoms with van der Waals surface area (Å²) in [6, 6.07) is 7.59. The fourth-order valence-corrected chi connectivity index (χ4v) is 0.989. The molecule has 1 aromatic rings. The zero-order chi connectivity index (χ0) is 10.2. The van der Waals surface area contributed by atoms with Crippen molar-refractivity contribution in [2.24, 2.45) is 0 Å². The number of benzene rings is 1. The van der Waals surface area contributed by atoms with Crippen LogP contribution in [0.3, 0.4) is 0 Å². The number of para-hydroxylation sites is 2. The summed E-state index contributed by atoms with van der Waals surface area (Å²) in [5, 5.41) is 0. The van der Waals surface area contributed by atoms with Crippen LogP contribution in [0.15, 0.2) is 36.9 Å². The SMILES string of the molecule is C=CCOc1ccccc1O[CH]CC. The van der Waals surface area contributed by atoms with E-state index in [-0.39, 0.29) is 0 Å². The average Bonchev–Trinajstić information content (AvgIpc) is 2.24. The Bertz CT molecular complexity index is 281. The highest BCUT2D eigenvalue weighted by atomic mass is 16.5. The molecule has 0 atom stereocenters. The van der Waals surface area contributed by atoms with E-state index in [1.807, 2.05) is 31.2 Å². The minimum Gasteiger partial charge on any atom is -0.486 e. The molecule has 14 heavy (non-hydrogen) atoms. The van der Waals surface area contributed by atoms with E-state index < -0.39 is 0 Å². The highest BCUT2D eigenvalue weighted by Gasteiger charge is 2.02. The van der Waals surface area contributed by atoms with Gasteiger partial charge in [-0.1, -0.05) is 31.7 Å². The summed E-state index contributed by atoms with van der Waals surface area (Å²) in [6.45, 7) is 7.85. The van der Waals surface area contributed by atoms with Gasteiger partial charge in [0, 0.05) is 0 Å². The van der Waals surface area contributed by atoms with Crippen molar-refractivity contribution in [3.05, 3.63) is 43.5 Å². The molecule has 0 bridgehead atoms. The minimum atomic E-state index is 0.493. The lowest BCUT2D eigenvalue weighted by molar-refractivity contribution is 0.323. The molecule has 2 nitrogen and oxygen atoms in total. The quantitative estimate of drug-likeness (QED) is 0.643. The van der Waals surface area contributed by atoms with Crippen molar-refractivity contribution in [1.29, 1.82) is 0 Å². The second-order valence-corrected chi connectivity index (χ2v) is 2.74. The van der Waals surface area contributed by atoms with Crippen molar-refractivity contribution in [2.45, 2.75) is 13.3 Å². The molecule has 0 unspecified atom stereocenters. The first-order valence-electron chi connectivity index (χ1n) is 4.69. The maximum Gasteiger partial charge on any atom is 0.161 e. The van der Waals surface area contributed by atoms with E-state index in [0.29, 0.717) is 6.61 Å². The van der Waals surface area contributed by atoms with E-state index in [1.165, 1.54) is 0 Å². The van der Waals surface area contributed by atoms with Gasteiger partial charge in [-0.3, -0.25) is 0 Å². The smallest absolute Gasteiger partial charge is 0.161 e. The lowest BCUT2D eigenvalue weighted by Gasteiger charge is -2.09. The van der Waals surface area contributed by atoms with Crippen LogP contribution in [0.4, 0.5) is 0 Å². The minimum absolute atomic E-state index is 0.493. The van der Waals surface area contributed by atoms with Gasteiger partial charge < -0.3 is 9.47 Å². The third kappa shape index (κ3) is 3.13. The largest absolute Gasteiger partial charge is 0.486 e. The monoisotopic (exact) mass is 191 g/mol. The molecule has 0 aromatic heterocycles. The molecule has 0 fully saturated rings. The number of hydrogen-bond donors (Lipinski definition) is 0. The Morgan fingerprint density at radius 1 is 1.29 bits per heavy atom. The highest BCUT2D eigenvalue weighted by molar-refractivity contribution is 5.39. The second kappa shape index (κ2) is 6.08. The predicted molar refractivity (Wildman–Crippen MR) is 57.4 cm³/mol. The van der Waals surface area contributed by atoms with Crippen molar-refractivity contribution >= 4 is 0 Å². The van der Waals surface area contributed by atoms with Gasteiger partial charge in [0.15, 0.2) is 11.5 Å². The van der Waals surface area contributed by atoms with E-state index in [2.05, 4.69) is 6.58 Å². The zero-order valence-corrected chi connectivity index (χ0v) is 8.40. The van der Waals surface area contributed by atoms with Crippen LogP contribution in [-0.2, 0) is 0 Å². The van der Waals surface area contributed by atoms with E-state index in [1.54, 1.807) is 12.7 Å². The molecule has 0 N–H and O–H groups in total. The summed E-state index contributed by atoms with van der Waals surface area (Å²) in [4.78, 5) is 0. The Morgan fingerprint density at radius 2 is 2.00 bits per heavy atom. The summed E-state index contributed by atoms with van der Waals surface area (Å²) >= 11 is 0. The second-order valence-electron chi connectivity index (χ2n) is 2.74. The van der Waals surface area contributed by atoms with Crippen LogP contribution >= 0.6 is 0 Å². The first-order valence-corrected chi connectivity index (χ1v) is 4.69. The molecule has 0 aliphatic rings. The van der Waals surface area contributed by atoms with Gasteiger partial charge in [-0.25, -0.2) is 0 Å². The van der Waals surface area contributed by atoms with E-state index in [9.17, 15) is 0 Å². The van der Waals surface area contributed by atoms with Gasteiger partial charge in [0.1, 0.15) is 13.2 Å². The van der Waals surface area contributed by atoms with Crippen LogP contribution in [0.25, 0.3) is 0 Å². The van der Waals surface area contributed by atoms with Gasteiger partial charge in [0.2, 0.25) is 0 Å². The van der Waals surface area contributed by atoms with Gasteiger partial charge in [0.25, 0.3) is 0 Å². The lowest BCUT2D eigenvalue weighted by atomic mass is 10.3. The molecule has 0 spiro atoms. The molecule has 0 heterocycles. The Morgan fingerprint density at radius 3 is 2.64 bits per heavy atom. The van der Waals surface area contributed by atoms with Crippen LogP contribution < -0.4 is 9.47 Å². The van der Waals surface area contributed by atoms with Crippen molar-refractivity contribution in [1.82, 2.24) is 0 Å². The van der Waals surface area contributed by atoms with Crippen molar-refractivity contribution in [3.8, 4) is 11.5 Å². The molecular formula is C12H15O2. The van der Waals surface area contributed by atoms with Gasteiger partial charge in [0.05, 0.1) is 0 Å².